The topological polar surface area (TPSA) is 50.4 Å². The molecule has 0 amide bonds. The van der Waals surface area contributed by atoms with Crippen LogP contribution in [0.25, 0.3) is 33.4 Å². The van der Waals surface area contributed by atoms with Gasteiger partial charge in [0, 0.05) is 28.6 Å². The molecule has 1 heterocycles. The molecule has 2 aromatic carbocycles. The maximum Gasteiger partial charge on any atom is 0.182 e. The minimum Gasteiger partial charge on any atom is -0.508 e. The highest BCUT2D eigenvalue weighted by atomic mass is 16.3. The quantitative estimate of drug-likeness (QED) is 0.459. The SMILES string of the molecule is CC(C)(C)c1ccccc1-c1c2ccc(=O)cc-2oc2cc(O)ccc12. The fraction of sp³-hybridized carbons (Fsp3) is 0.174. The Bertz CT molecular complexity index is 1150. The Hall–Kier alpha value is -3.07. The average Bonchev–Trinajstić information content (AvgIpc) is 2.58. The van der Waals surface area contributed by atoms with Crippen LogP contribution < -0.4 is 5.43 Å². The van der Waals surface area contributed by atoms with E-state index in [9.17, 15) is 9.90 Å². The first-order valence-corrected chi connectivity index (χ1v) is 8.64. The summed E-state index contributed by atoms with van der Waals surface area (Å²) in [5.41, 5.74) is 4.64. The number of aromatic hydroxyl groups is 1. The summed E-state index contributed by atoms with van der Waals surface area (Å²) in [5.74, 6) is 0.656. The summed E-state index contributed by atoms with van der Waals surface area (Å²) in [6, 6.07) is 18.3. The van der Waals surface area contributed by atoms with Crippen molar-refractivity contribution in [3.05, 3.63) is 76.5 Å². The van der Waals surface area contributed by atoms with Crippen LogP contribution in [-0.2, 0) is 5.41 Å². The lowest BCUT2D eigenvalue weighted by molar-refractivity contribution is 0.474. The van der Waals surface area contributed by atoms with Crippen LogP contribution in [0.1, 0.15) is 26.3 Å². The van der Waals surface area contributed by atoms with Crippen molar-refractivity contribution in [3.8, 4) is 28.2 Å². The molecule has 3 nitrogen and oxygen atoms in total. The van der Waals surface area contributed by atoms with E-state index in [0.29, 0.717) is 11.3 Å². The van der Waals surface area contributed by atoms with Gasteiger partial charge in [-0.05, 0) is 40.8 Å². The lowest BCUT2D eigenvalue weighted by atomic mass is 9.80. The van der Waals surface area contributed by atoms with E-state index in [1.54, 1.807) is 18.2 Å². The minimum absolute atomic E-state index is 0.0440. The van der Waals surface area contributed by atoms with Crippen molar-refractivity contribution < 1.29 is 9.52 Å². The third kappa shape index (κ3) is 2.66. The smallest absolute Gasteiger partial charge is 0.182 e. The zero-order valence-corrected chi connectivity index (χ0v) is 15.0. The molecule has 2 aliphatic rings. The van der Waals surface area contributed by atoms with E-state index in [1.807, 2.05) is 24.3 Å². The molecular formula is C23H20O3. The van der Waals surface area contributed by atoms with Crippen LogP contribution in [0.5, 0.6) is 5.75 Å². The molecule has 3 heteroatoms. The van der Waals surface area contributed by atoms with Crippen LogP contribution >= 0.6 is 0 Å². The van der Waals surface area contributed by atoms with Crippen LogP contribution in [0.2, 0.25) is 0 Å². The van der Waals surface area contributed by atoms with Crippen LogP contribution in [0.15, 0.2) is 69.9 Å². The normalized spacial score (nSPS) is 12.0. The summed E-state index contributed by atoms with van der Waals surface area (Å²) in [4.78, 5) is 11.9. The van der Waals surface area contributed by atoms with Gasteiger partial charge in [-0.25, -0.2) is 0 Å². The molecule has 0 bridgehead atoms. The number of hydrogen-bond acceptors (Lipinski definition) is 3. The van der Waals surface area contributed by atoms with Gasteiger partial charge in [-0.3, -0.25) is 4.79 Å². The molecule has 0 unspecified atom stereocenters. The molecule has 0 fully saturated rings. The molecule has 0 spiro atoms. The second kappa shape index (κ2) is 5.73. The van der Waals surface area contributed by atoms with Crippen molar-refractivity contribution in [2.45, 2.75) is 26.2 Å². The van der Waals surface area contributed by atoms with E-state index >= 15 is 0 Å². The Morgan fingerprint density at radius 3 is 2.42 bits per heavy atom. The van der Waals surface area contributed by atoms with Gasteiger partial charge in [0.2, 0.25) is 0 Å². The Kier molecular flexibility index (Phi) is 3.62. The van der Waals surface area contributed by atoms with Crippen molar-refractivity contribution in [2.75, 3.05) is 0 Å². The second-order valence-electron chi connectivity index (χ2n) is 7.61. The van der Waals surface area contributed by atoms with Gasteiger partial charge in [-0.15, -0.1) is 0 Å². The molecule has 0 atom stereocenters. The maximum atomic E-state index is 11.9. The van der Waals surface area contributed by atoms with E-state index < -0.39 is 0 Å². The third-order valence-corrected chi connectivity index (χ3v) is 4.68. The predicted molar refractivity (Wildman–Crippen MR) is 105 cm³/mol. The highest BCUT2D eigenvalue weighted by Crippen LogP contribution is 2.43. The Labute approximate surface area is 151 Å². The van der Waals surface area contributed by atoms with Crippen molar-refractivity contribution >= 4 is 11.0 Å². The van der Waals surface area contributed by atoms with Crippen molar-refractivity contribution in [2.24, 2.45) is 0 Å². The number of phenols is 1. The molecular weight excluding hydrogens is 324 g/mol. The van der Waals surface area contributed by atoms with E-state index in [2.05, 4.69) is 32.9 Å². The second-order valence-corrected chi connectivity index (χ2v) is 7.61. The highest BCUT2D eigenvalue weighted by molar-refractivity contribution is 6.02. The van der Waals surface area contributed by atoms with E-state index in [-0.39, 0.29) is 16.6 Å². The largest absolute Gasteiger partial charge is 0.508 e. The summed E-state index contributed by atoms with van der Waals surface area (Å²) < 4.78 is 5.94. The predicted octanol–water partition coefficient (Wildman–Crippen LogP) is 5.57. The van der Waals surface area contributed by atoms with Gasteiger partial charge in [0.05, 0.1) is 0 Å². The fourth-order valence-corrected chi connectivity index (χ4v) is 3.50. The molecule has 0 saturated carbocycles. The number of phenolic OH excluding ortho intramolecular Hbond substituents is 1. The number of fused-ring (bicyclic) bond motifs is 2. The van der Waals surface area contributed by atoms with Gasteiger partial charge in [0.25, 0.3) is 0 Å². The van der Waals surface area contributed by atoms with Crippen LogP contribution in [0.3, 0.4) is 0 Å². The summed E-state index contributed by atoms with van der Waals surface area (Å²) >= 11 is 0. The molecule has 130 valence electrons. The van der Waals surface area contributed by atoms with Gasteiger partial charge in [0.15, 0.2) is 5.43 Å². The van der Waals surface area contributed by atoms with E-state index in [1.165, 1.54) is 11.6 Å². The van der Waals surface area contributed by atoms with E-state index in [0.717, 1.165) is 22.1 Å². The molecule has 4 rings (SSSR count). The van der Waals surface area contributed by atoms with Crippen molar-refractivity contribution in [1.29, 1.82) is 0 Å². The number of benzene rings is 3. The third-order valence-electron chi connectivity index (χ3n) is 4.68. The maximum absolute atomic E-state index is 11.9. The molecule has 1 aliphatic heterocycles. The Balaban J connectivity index is 2.20. The first-order valence-electron chi connectivity index (χ1n) is 8.64. The molecule has 0 saturated heterocycles. The molecule has 0 aromatic heterocycles. The minimum atomic E-state index is -0.101. The number of rotatable bonds is 1. The van der Waals surface area contributed by atoms with Crippen molar-refractivity contribution in [3.63, 3.8) is 0 Å². The van der Waals surface area contributed by atoms with Crippen LogP contribution in [0.4, 0.5) is 0 Å². The van der Waals surface area contributed by atoms with Crippen LogP contribution in [0, 0.1) is 0 Å². The molecule has 1 aliphatic carbocycles. The fourth-order valence-electron chi connectivity index (χ4n) is 3.50. The highest BCUT2D eigenvalue weighted by Gasteiger charge is 2.23. The van der Waals surface area contributed by atoms with Gasteiger partial charge in [0.1, 0.15) is 17.1 Å². The molecule has 1 N–H and O–H groups in total. The Morgan fingerprint density at radius 1 is 0.885 bits per heavy atom. The first kappa shape index (κ1) is 16.4. The number of hydrogen-bond donors (Lipinski definition) is 1. The molecule has 0 radical (unpaired) electrons. The molecule has 26 heavy (non-hydrogen) atoms. The zero-order valence-electron chi connectivity index (χ0n) is 15.0. The summed E-state index contributed by atoms with van der Waals surface area (Å²) in [6.07, 6.45) is 0. The van der Waals surface area contributed by atoms with E-state index in [4.69, 9.17) is 4.42 Å². The zero-order chi connectivity index (χ0) is 18.5. The molecule has 2 aromatic rings. The van der Waals surface area contributed by atoms with Gasteiger partial charge >= 0.3 is 0 Å². The summed E-state index contributed by atoms with van der Waals surface area (Å²) in [6.45, 7) is 6.56. The summed E-state index contributed by atoms with van der Waals surface area (Å²) in [5, 5.41) is 10.8. The first-order chi connectivity index (χ1) is 12.3. The monoisotopic (exact) mass is 344 g/mol. The Morgan fingerprint density at radius 2 is 1.65 bits per heavy atom. The summed E-state index contributed by atoms with van der Waals surface area (Å²) in [7, 11) is 0. The van der Waals surface area contributed by atoms with Crippen LogP contribution in [-0.4, -0.2) is 5.11 Å². The standard InChI is InChI=1S/C23H20O3/c1-23(2,3)19-7-5-4-6-16(19)22-17-10-8-14(24)12-20(17)26-21-13-15(25)9-11-18(21)22/h4-13,24H,1-3H3. The van der Waals surface area contributed by atoms with Gasteiger partial charge in [-0.2, -0.15) is 0 Å². The van der Waals surface area contributed by atoms with Crippen molar-refractivity contribution in [1.82, 2.24) is 0 Å². The lowest BCUT2D eigenvalue weighted by Crippen LogP contribution is -2.13. The average molecular weight is 344 g/mol. The van der Waals surface area contributed by atoms with Gasteiger partial charge in [-0.1, -0.05) is 45.0 Å². The van der Waals surface area contributed by atoms with Gasteiger partial charge < -0.3 is 9.52 Å². The lowest BCUT2D eigenvalue weighted by Gasteiger charge is -2.25.